The van der Waals surface area contributed by atoms with Crippen LogP contribution in [0.4, 0.5) is 5.82 Å². The van der Waals surface area contributed by atoms with Crippen LogP contribution >= 0.6 is 0 Å². The molecule has 6 heteroatoms. The van der Waals surface area contributed by atoms with Gasteiger partial charge in [-0.05, 0) is 19.8 Å². The zero-order chi connectivity index (χ0) is 14.0. The van der Waals surface area contributed by atoms with Crippen molar-refractivity contribution in [1.82, 2.24) is 9.55 Å². The molecule has 0 spiro atoms. The van der Waals surface area contributed by atoms with E-state index in [4.69, 9.17) is 15.2 Å². The number of aromatic nitrogens is 2. The highest BCUT2D eigenvalue weighted by molar-refractivity contribution is 5.92. The highest BCUT2D eigenvalue weighted by Gasteiger charge is 2.35. The van der Waals surface area contributed by atoms with Crippen molar-refractivity contribution < 1.29 is 14.3 Å². The first-order chi connectivity index (χ1) is 9.12. The van der Waals surface area contributed by atoms with Crippen LogP contribution in [0.5, 0.6) is 0 Å². The monoisotopic (exact) mass is 267 g/mol. The first-order valence-corrected chi connectivity index (χ1v) is 6.68. The molecule has 1 fully saturated rings. The lowest BCUT2D eigenvalue weighted by Crippen LogP contribution is -2.34. The molecule has 1 aliphatic carbocycles. The van der Waals surface area contributed by atoms with Crippen molar-refractivity contribution in [2.45, 2.75) is 45.3 Å². The first kappa shape index (κ1) is 13.9. The fourth-order valence-electron chi connectivity index (χ4n) is 2.52. The van der Waals surface area contributed by atoms with E-state index in [9.17, 15) is 4.79 Å². The van der Waals surface area contributed by atoms with Gasteiger partial charge in [0.2, 0.25) is 0 Å². The van der Waals surface area contributed by atoms with Crippen molar-refractivity contribution >= 4 is 11.8 Å². The molecule has 1 aliphatic rings. The van der Waals surface area contributed by atoms with E-state index < -0.39 is 5.97 Å². The maximum Gasteiger partial charge on any atom is 0.360 e. The number of imidazole rings is 1. The number of nitrogens with two attached hydrogens (primary N) is 1. The third kappa shape index (κ3) is 2.45. The summed E-state index contributed by atoms with van der Waals surface area (Å²) in [6.07, 6.45) is 2.86. The summed E-state index contributed by atoms with van der Waals surface area (Å²) in [7, 11) is 1.33. The molecule has 1 aromatic rings. The lowest BCUT2D eigenvalue weighted by Gasteiger charge is -2.37. The third-order valence-electron chi connectivity index (χ3n) is 3.55. The molecule has 19 heavy (non-hydrogen) atoms. The van der Waals surface area contributed by atoms with Gasteiger partial charge in [0, 0.05) is 19.1 Å². The van der Waals surface area contributed by atoms with E-state index >= 15 is 0 Å². The van der Waals surface area contributed by atoms with E-state index in [0.29, 0.717) is 11.9 Å². The predicted octanol–water partition coefficient (Wildman–Crippen LogP) is 1.55. The quantitative estimate of drug-likeness (QED) is 0.819. The van der Waals surface area contributed by atoms with Crippen LogP contribution < -0.4 is 5.73 Å². The molecule has 0 unspecified atom stereocenters. The summed E-state index contributed by atoms with van der Waals surface area (Å²) < 4.78 is 12.2. The predicted molar refractivity (Wildman–Crippen MR) is 71.0 cm³/mol. The Morgan fingerprint density at radius 1 is 1.47 bits per heavy atom. The zero-order valence-corrected chi connectivity index (χ0v) is 11.7. The summed E-state index contributed by atoms with van der Waals surface area (Å²) in [4.78, 5) is 15.9. The van der Waals surface area contributed by atoms with Gasteiger partial charge in [0.25, 0.3) is 0 Å². The Kier molecular flexibility index (Phi) is 4.09. The number of hydrogen-bond donors (Lipinski definition) is 1. The highest BCUT2D eigenvalue weighted by Crippen LogP contribution is 2.38. The average Bonchev–Trinajstić information content (AvgIpc) is 2.69. The maximum atomic E-state index is 11.6. The Balaban J connectivity index is 2.21. The lowest BCUT2D eigenvalue weighted by atomic mass is 9.88. The fraction of sp³-hybridized carbons (Fsp3) is 0.692. The summed E-state index contributed by atoms with van der Waals surface area (Å²) in [6.45, 7) is 4.72. The number of carbonyl (C=O) groups excluding carboxylic acids is 1. The average molecular weight is 267 g/mol. The minimum absolute atomic E-state index is 0.221. The highest BCUT2D eigenvalue weighted by atomic mass is 16.5. The van der Waals surface area contributed by atoms with Crippen LogP contribution in [0.2, 0.25) is 0 Å². The number of nitrogen functional groups attached to an aromatic ring is 1. The van der Waals surface area contributed by atoms with Gasteiger partial charge in [-0.2, -0.15) is 0 Å². The third-order valence-corrected chi connectivity index (χ3v) is 3.55. The minimum Gasteiger partial charge on any atom is -0.464 e. The summed E-state index contributed by atoms with van der Waals surface area (Å²) in [5, 5.41) is 0. The largest absolute Gasteiger partial charge is 0.464 e. The van der Waals surface area contributed by atoms with Crippen molar-refractivity contribution in [2.75, 3.05) is 19.5 Å². The number of methoxy groups -OCH3 is 1. The number of esters is 1. The van der Waals surface area contributed by atoms with Gasteiger partial charge in [0.05, 0.1) is 13.2 Å². The van der Waals surface area contributed by atoms with Gasteiger partial charge < -0.3 is 19.8 Å². The van der Waals surface area contributed by atoms with Gasteiger partial charge in [0.1, 0.15) is 11.6 Å². The van der Waals surface area contributed by atoms with Crippen molar-refractivity contribution in [3.8, 4) is 0 Å². The molecule has 0 atom stereocenters. The SMILES string of the molecule is CCOC1CC(n2c(CC)nc(C(=O)OC)c2N)C1. The summed E-state index contributed by atoms with van der Waals surface area (Å²) in [5.74, 6) is 0.758. The zero-order valence-electron chi connectivity index (χ0n) is 11.7. The van der Waals surface area contributed by atoms with Crippen LogP contribution in [-0.2, 0) is 15.9 Å². The normalized spacial score (nSPS) is 22.1. The summed E-state index contributed by atoms with van der Waals surface area (Å²) in [5.41, 5.74) is 6.27. The van der Waals surface area contributed by atoms with E-state index in [1.54, 1.807) is 0 Å². The second-order valence-electron chi connectivity index (χ2n) is 4.68. The number of hydrogen-bond acceptors (Lipinski definition) is 5. The Labute approximate surface area is 112 Å². The Morgan fingerprint density at radius 2 is 2.16 bits per heavy atom. The first-order valence-electron chi connectivity index (χ1n) is 6.68. The molecule has 0 saturated heterocycles. The van der Waals surface area contributed by atoms with E-state index in [-0.39, 0.29) is 11.7 Å². The van der Waals surface area contributed by atoms with E-state index in [0.717, 1.165) is 31.7 Å². The van der Waals surface area contributed by atoms with Crippen LogP contribution in [-0.4, -0.2) is 35.3 Å². The van der Waals surface area contributed by atoms with E-state index in [1.165, 1.54) is 7.11 Å². The standard InChI is InChI=1S/C13H21N3O3/c1-4-10-15-11(13(17)18-3)12(14)16(10)8-6-9(7-8)19-5-2/h8-9H,4-7,14H2,1-3H3. The van der Waals surface area contributed by atoms with E-state index in [1.807, 2.05) is 18.4 Å². The molecule has 0 amide bonds. The van der Waals surface area contributed by atoms with Crippen molar-refractivity contribution in [2.24, 2.45) is 0 Å². The Morgan fingerprint density at radius 3 is 2.68 bits per heavy atom. The molecular formula is C13H21N3O3. The molecule has 1 heterocycles. The Hall–Kier alpha value is -1.56. The number of aryl methyl sites for hydroxylation is 1. The summed E-state index contributed by atoms with van der Waals surface area (Å²) in [6, 6.07) is 0.275. The maximum absolute atomic E-state index is 11.6. The number of carbonyl (C=O) groups is 1. The van der Waals surface area contributed by atoms with Crippen LogP contribution in [0.15, 0.2) is 0 Å². The van der Waals surface area contributed by atoms with Crippen LogP contribution in [0.25, 0.3) is 0 Å². The van der Waals surface area contributed by atoms with E-state index in [2.05, 4.69) is 4.98 Å². The molecule has 2 N–H and O–H groups in total. The number of anilines is 1. The van der Waals surface area contributed by atoms with Crippen molar-refractivity contribution in [3.63, 3.8) is 0 Å². The van der Waals surface area contributed by atoms with Gasteiger partial charge >= 0.3 is 5.97 Å². The van der Waals surface area contributed by atoms with Crippen LogP contribution in [0.3, 0.4) is 0 Å². The molecule has 1 aromatic heterocycles. The van der Waals surface area contributed by atoms with Crippen LogP contribution in [0.1, 0.15) is 49.0 Å². The van der Waals surface area contributed by atoms with Crippen molar-refractivity contribution in [1.29, 1.82) is 0 Å². The fourth-order valence-corrected chi connectivity index (χ4v) is 2.52. The van der Waals surface area contributed by atoms with Gasteiger partial charge in [-0.3, -0.25) is 0 Å². The second kappa shape index (κ2) is 5.61. The smallest absolute Gasteiger partial charge is 0.360 e. The molecule has 0 radical (unpaired) electrons. The number of rotatable bonds is 5. The Bertz CT molecular complexity index is 464. The molecule has 106 valence electrons. The molecule has 0 aliphatic heterocycles. The van der Waals surface area contributed by atoms with Gasteiger partial charge in [-0.1, -0.05) is 6.92 Å². The number of ether oxygens (including phenoxy) is 2. The van der Waals surface area contributed by atoms with Gasteiger partial charge in [-0.15, -0.1) is 0 Å². The molecule has 0 aromatic carbocycles. The lowest BCUT2D eigenvalue weighted by molar-refractivity contribution is -0.0197. The molecule has 1 saturated carbocycles. The topological polar surface area (TPSA) is 79.4 Å². The van der Waals surface area contributed by atoms with Gasteiger partial charge in [-0.25, -0.2) is 9.78 Å². The van der Waals surface area contributed by atoms with Crippen LogP contribution in [0, 0.1) is 0 Å². The molecule has 6 nitrogen and oxygen atoms in total. The summed E-state index contributed by atoms with van der Waals surface area (Å²) >= 11 is 0. The molecule has 2 rings (SSSR count). The molecular weight excluding hydrogens is 246 g/mol. The number of nitrogens with zero attached hydrogens (tertiary/aromatic N) is 2. The van der Waals surface area contributed by atoms with Gasteiger partial charge in [0.15, 0.2) is 5.69 Å². The molecule has 0 bridgehead atoms. The second-order valence-corrected chi connectivity index (χ2v) is 4.68. The van der Waals surface area contributed by atoms with Crippen molar-refractivity contribution in [3.05, 3.63) is 11.5 Å². The minimum atomic E-state index is -0.480.